The molecule has 0 unspecified atom stereocenters. The summed E-state index contributed by atoms with van der Waals surface area (Å²) < 4.78 is 9.61. The maximum atomic E-state index is 13.0. The molecule has 1 N–H and O–H groups in total. The largest absolute Gasteiger partial charge is 0.469 e. The molecule has 0 spiro atoms. The lowest BCUT2D eigenvalue weighted by Gasteiger charge is -2.25. The molecule has 0 saturated carbocycles. The molecule has 0 radical (unpaired) electrons. The molecule has 3 aromatic rings. The Bertz CT molecular complexity index is 1190. The Morgan fingerprint density at radius 1 is 1.00 bits per heavy atom. The molecule has 0 bridgehead atoms. The number of methoxy groups -OCH3 is 2. The average Bonchev–Trinajstić information content (AvgIpc) is 2.85. The normalized spacial score (nSPS) is 12.4. The summed E-state index contributed by atoms with van der Waals surface area (Å²) in [5, 5.41) is 14.4. The van der Waals surface area contributed by atoms with E-state index in [2.05, 4.69) is 10.3 Å². The molecule has 170 valence electrons. The van der Waals surface area contributed by atoms with Crippen LogP contribution in [0, 0.1) is 10.1 Å². The number of carbonyl (C=O) groups is 3. The second-order valence-electron chi connectivity index (χ2n) is 7.10. The minimum atomic E-state index is -1.28. The number of aromatic nitrogens is 1. The Morgan fingerprint density at radius 3 is 2.33 bits per heavy atom. The van der Waals surface area contributed by atoms with Gasteiger partial charge in [-0.1, -0.05) is 36.4 Å². The van der Waals surface area contributed by atoms with E-state index in [0.29, 0.717) is 11.1 Å². The number of benzene rings is 2. The fourth-order valence-electron chi connectivity index (χ4n) is 3.39. The van der Waals surface area contributed by atoms with E-state index in [1.807, 2.05) is 12.1 Å². The van der Waals surface area contributed by atoms with E-state index in [0.717, 1.165) is 12.5 Å². The van der Waals surface area contributed by atoms with Crippen molar-refractivity contribution in [2.24, 2.45) is 0 Å². The highest BCUT2D eigenvalue weighted by atomic mass is 16.6. The van der Waals surface area contributed by atoms with Crippen LogP contribution in [0.4, 0.5) is 5.69 Å². The average molecular weight is 451 g/mol. The number of ether oxygens (including phenoxy) is 2. The van der Waals surface area contributed by atoms with Crippen molar-refractivity contribution in [1.82, 2.24) is 10.3 Å². The van der Waals surface area contributed by atoms with E-state index in [9.17, 15) is 24.5 Å². The van der Waals surface area contributed by atoms with Crippen molar-refractivity contribution in [3.05, 3.63) is 82.0 Å². The number of pyridine rings is 1. The third-order valence-corrected chi connectivity index (χ3v) is 5.12. The lowest BCUT2D eigenvalue weighted by atomic mass is 9.88. The minimum absolute atomic E-state index is 0.0723. The molecule has 0 aliphatic heterocycles. The Hall–Kier alpha value is -4.34. The van der Waals surface area contributed by atoms with Gasteiger partial charge < -0.3 is 14.8 Å². The summed E-state index contributed by atoms with van der Waals surface area (Å²) in [6.45, 7) is 0. The first-order valence-electron chi connectivity index (χ1n) is 9.89. The van der Waals surface area contributed by atoms with Crippen LogP contribution >= 0.6 is 0 Å². The molecular formula is C23H21N3O7. The standard InChI is InChI=1S/C23H21N3O7/c1-32-20(27)13-17(14-7-10-16(11-8-14)26(30)31)21(23(29)33-2)25-22(28)19-12-9-15-5-3-4-6-18(15)24-19/h3-12,17,21H,13H2,1-2H3,(H,25,28)/t17-,21+/m1/s1. The number of rotatable bonds is 8. The van der Waals surface area contributed by atoms with Gasteiger partial charge in [0.25, 0.3) is 11.6 Å². The summed E-state index contributed by atoms with van der Waals surface area (Å²) in [5.74, 6) is -2.98. The van der Waals surface area contributed by atoms with E-state index < -0.39 is 34.7 Å². The number of amides is 1. The number of fused-ring (bicyclic) bond motifs is 1. The van der Waals surface area contributed by atoms with Crippen LogP contribution in [-0.2, 0) is 19.1 Å². The fourth-order valence-corrected chi connectivity index (χ4v) is 3.39. The third kappa shape index (κ3) is 5.48. The Kier molecular flexibility index (Phi) is 7.29. The van der Waals surface area contributed by atoms with Gasteiger partial charge in [-0.15, -0.1) is 0 Å². The molecule has 1 heterocycles. The van der Waals surface area contributed by atoms with Gasteiger partial charge in [0.15, 0.2) is 0 Å². The van der Waals surface area contributed by atoms with Crippen molar-refractivity contribution in [3.63, 3.8) is 0 Å². The molecule has 0 aliphatic rings. The number of nitrogens with zero attached hydrogens (tertiary/aromatic N) is 2. The number of esters is 2. The number of hydrogen-bond acceptors (Lipinski definition) is 8. The summed E-state index contributed by atoms with van der Waals surface area (Å²) in [6.07, 6.45) is -0.278. The summed E-state index contributed by atoms with van der Waals surface area (Å²) in [6, 6.07) is 14.5. The van der Waals surface area contributed by atoms with Gasteiger partial charge in [0.2, 0.25) is 0 Å². The number of para-hydroxylation sites is 1. The van der Waals surface area contributed by atoms with Crippen molar-refractivity contribution in [2.75, 3.05) is 14.2 Å². The number of nitrogens with one attached hydrogen (secondary N) is 1. The number of carbonyl (C=O) groups excluding carboxylic acids is 3. The first kappa shape index (κ1) is 23.3. The number of hydrogen-bond donors (Lipinski definition) is 1. The van der Waals surface area contributed by atoms with Gasteiger partial charge in [-0.05, 0) is 17.7 Å². The Morgan fingerprint density at radius 2 is 1.70 bits per heavy atom. The molecule has 0 saturated heterocycles. The fraction of sp³-hybridized carbons (Fsp3) is 0.217. The molecule has 2 aromatic carbocycles. The lowest BCUT2D eigenvalue weighted by Crippen LogP contribution is -2.46. The molecule has 2 atom stereocenters. The second-order valence-corrected chi connectivity index (χ2v) is 7.10. The van der Waals surface area contributed by atoms with Gasteiger partial charge in [0.1, 0.15) is 11.7 Å². The molecule has 3 rings (SSSR count). The summed E-state index contributed by atoms with van der Waals surface area (Å²) in [7, 11) is 2.35. The molecule has 33 heavy (non-hydrogen) atoms. The van der Waals surface area contributed by atoms with Gasteiger partial charge >= 0.3 is 11.9 Å². The van der Waals surface area contributed by atoms with E-state index in [1.165, 1.54) is 37.4 Å². The highest BCUT2D eigenvalue weighted by Gasteiger charge is 2.34. The van der Waals surface area contributed by atoms with Crippen LogP contribution in [0.2, 0.25) is 0 Å². The van der Waals surface area contributed by atoms with Crippen LogP contribution in [0.5, 0.6) is 0 Å². The second kappa shape index (κ2) is 10.3. The maximum Gasteiger partial charge on any atom is 0.329 e. The highest BCUT2D eigenvalue weighted by molar-refractivity contribution is 5.97. The van der Waals surface area contributed by atoms with Crippen molar-refractivity contribution >= 4 is 34.4 Å². The van der Waals surface area contributed by atoms with Gasteiger partial charge in [0, 0.05) is 23.4 Å². The quantitative estimate of drug-likeness (QED) is 0.313. The zero-order valence-corrected chi connectivity index (χ0v) is 17.9. The number of non-ortho nitro benzene ring substituents is 1. The van der Waals surface area contributed by atoms with E-state index in [-0.39, 0.29) is 17.8 Å². The monoisotopic (exact) mass is 451 g/mol. The van der Waals surface area contributed by atoms with Crippen LogP contribution in [0.3, 0.4) is 0 Å². The van der Waals surface area contributed by atoms with Crippen molar-refractivity contribution < 1.29 is 28.8 Å². The predicted octanol–water partition coefficient (Wildman–Crippen LogP) is 2.76. The molecule has 1 amide bonds. The van der Waals surface area contributed by atoms with Crippen LogP contribution in [0.15, 0.2) is 60.7 Å². The van der Waals surface area contributed by atoms with Crippen LogP contribution in [-0.4, -0.2) is 48.0 Å². The first-order valence-corrected chi connectivity index (χ1v) is 9.89. The Balaban J connectivity index is 1.96. The lowest BCUT2D eigenvalue weighted by molar-refractivity contribution is -0.384. The van der Waals surface area contributed by atoms with Gasteiger partial charge in [-0.2, -0.15) is 0 Å². The van der Waals surface area contributed by atoms with E-state index in [1.54, 1.807) is 18.2 Å². The molecule has 0 fully saturated rings. The predicted molar refractivity (Wildman–Crippen MR) is 117 cm³/mol. The third-order valence-electron chi connectivity index (χ3n) is 5.12. The first-order chi connectivity index (χ1) is 15.8. The van der Waals surface area contributed by atoms with Crippen molar-refractivity contribution in [1.29, 1.82) is 0 Å². The van der Waals surface area contributed by atoms with Crippen molar-refractivity contribution in [3.8, 4) is 0 Å². The maximum absolute atomic E-state index is 13.0. The molecule has 1 aromatic heterocycles. The number of nitro benzene ring substituents is 1. The summed E-state index contributed by atoms with van der Waals surface area (Å²) in [5.41, 5.74) is 0.923. The van der Waals surface area contributed by atoms with Crippen LogP contribution in [0.1, 0.15) is 28.4 Å². The van der Waals surface area contributed by atoms with E-state index >= 15 is 0 Å². The van der Waals surface area contributed by atoms with E-state index in [4.69, 9.17) is 9.47 Å². The minimum Gasteiger partial charge on any atom is -0.469 e. The molecule has 10 heteroatoms. The molecule has 0 aliphatic carbocycles. The van der Waals surface area contributed by atoms with Crippen LogP contribution in [0.25, 0.3) is 10.9 Å². The van der Waals surface area contributed by atoms with Gasteiger partial charge in [0.05, 0.1) is 31.1 Å². The highest BCUT2D eigenvalue weighted by Crippen LogP contribution is 2.27. The zero-order chi connectivity index (χ0) is 24.0. The van der Waals surface area contributed by atoms with Gasteiger partial charge in [-0.25, -0.2) is 9.78 Å². The molecular weight excluding hydrogens is 430 g/mol. The van der Waals surface area contributed by atoms with Crippen LogP contribution < -0.4 is 5.32 Å². The van der Waals surface area contributed by atoms with Crippen molar-refractivity contribution in [2.45, 2.75) is 18.4 Å². The number of nitro groups is 1. The summed E-state index contributed by atoms with van der Waals surface area (Å²) >= 11 is 0. The van der Waals surface area contributed by atoms with Gasteiger partial charge in [-0.3, -0.25) is 19.7 Å². The molecule has 10 nitrogen and oxygen atoms in total. The topological polar surface area (TPSA) is 138 Å². The summed E-state index contributed by atoms with van der Waals surface area (Å²) in [4.78, 5) is 52.4. The Labute approximate surface area is 188 Å². The SMILES string of the molecule is COC(=O)C[C@H](c1ccc([N+](=O)[O-])cc1)[C@H](NC(=O)c1ccc2ccccc2n1)C(=O)OC. The smallest absolute Gasteiger partial charge is 0.329 e. The zero-order valence-electron chi connectivity index (χ0n) is 17.9.